The van der Waals surface area contributed by atoms with Crippen molar-refractivity contribution in [2.75, 3.05) is 0 Å². The first-order chi connectivity index (χ1) is 9.79. The lowest BCUT2D eigenvalue weighted by Gasteiger charge is -2.04. The number of hydrogen-bond donors (Lipinski definition) is 1. The van der Waals surface area contributed by atoms with E-state index in [1.807, 2.05) is 18.2 Å². The third-order valence-electron chi connectivity index (χ3n) is 3.57. The fourth-order valence-electron chi connectivity index (χ4n) is 2.59. The zero-order chi connectivity index (χ0) is 13.9. The van der Waals surface area contributed by atoms with Crippen LogP contribution < -0.4 is 4.57 Å². The number of H-pyrrole nitrogens is 1. The van der Waals surface area contributed by atoms with Crippen LogP contribution in [0, 0.1) is 0 Å². The lowest BCUT2D eigenvalue weighted by atomic mass is 10.2. The Kier molecular flexibility index (Phi) is 3.75. The first-order valence-corrected chi connectivity index (χ1v) is 7.40. The molecule has 3 heteroatoms. The van der Waals surface area contributed by atoms with E-state index in [0.29, 0.717) is 0 Å². The molecular weight excluding hydrogens is 268 g/mol. The number of nitrogens with zero attached hydrogens (tertiary/aromatic N) is 1. The number of aromatic nitrogens is 2. The van der Waals surface area contributed by atoms with Gasteiger partial charge >= 0.3 is 0 Å². The fraction of sp³-hybridized carbons (Fsp3) is 0.235. The number of fused-ring (bicyclic) bond motifs is 1. The molecule has 0 bridgehead atoms. The van der Waals surface area contributed by atoms with Gasteiger partial charge in [-0.15, -0.1) is 0 Å². The van der Waals surface area contributed by atoms with E-state index >= 15 is 0 Å². The van der Waals surface area contributed by atoms with Crippen LogP contribution in [0.25, 0.3) is 11.0 Å². The SMILES string of the molecule is CCCc1[nH]c2ccccc2[n+]1Cc1ccccc1Cl. The van der Waals surface area contributed by atoms with Gasteiger partial charge in [0.05, 0.1) is 0 Å². The number of aryl methyl sites for hydroxylation is 1. The molecule has 0 radical (unpaired) electrons. The molecule has 0 amide bonds. The predicted molar refractivity (Wildman–Crippen MR) is 83.0 cm³/mol. The molecule has 0 aliphatic rings. The van der Waals surface area contributed by atoms with E-state index in [-0.39, 0.29) is 0 Å². The summed E-state index contributed by atoms with van der Waals surface area (Å²) in [6.07, 6.45) is 2.16. The third-order valence-corrected chi connectivity index (χ3v) is 3.94. The van der Waals surface area contributed by atoms with Crippen LogP contribution in [0.3, 0.4) is 0 Å². The van der Waals surface area contributed by atoms with Crippen LogP contribution in [0.2, 0.25) is 5.02 Å². The molecule has 1 aromatic heterocycles. The Morgan fingerprint density at radius 2 is 1.80 bits per heavy atom. The summed E-state index contributed by atoms with van der Waals surface area (Å²) in [6, 6.07) is 16.5. The standard InChI is InChI=1S/C17H17ClN2/c1-2-7-17-19-15-10-5-6-11-16(15)20(17)12-13-8-3-4-9-14(13)18/h3-6,8-11H,2,7,12H2,1H3/p+1. The van der Waals surface area contributed by atoms with Crippen LogP contribution in [0.5, 0.6) is 0 Å². The Morgan fingerprint density at radius 1 is 1.05 bits per heavy atom. The molecule has 20 heavy (non-hydrogen) atoms. The zero-order valence-corrected chi connectivity index (χ0v) is 12.3. The average molecular weight is 286 g/mol. The minimum atomic E-state index is 0.805. The summed E-state index contributed by atoms with van der Waals surface area (Å²) in [5.74, 6) is 1.26. The number of para-hydroxylation sites is 2. The van der Waals surface area contributed by atoms with Crippen molar-refractivity contribution in [3.63, 3.8) is 0 Å². The van der Waals surface area contributed by atoms with Gasteiger partial charge in [0.25, 0.3) is 5.82 Å². The van der Waals surface area contributed by atoms with Crippen molar-refractivity contribution in [1.29, 1.82) is 0 Å². The van der Waals surface area contributed by atoms with Crippen molar-refractivity contribution in [3.05, 3.63) is 64.9 Å². The van der Waals surface area contributed by atoms with Crippen molar-refractivity contribution >= 4 is 22.6 Å². The quantitative estimate of drug-likeness (QED) is 0.696. The molecule has 3 aromatic rings. The van der Waals surface area contributed by atoms with E-state index in [0.717, 1.165) is 30.0 Å². The van der Waals surface area contributed by atoms with E-state index < -0.39 is 0 Å². The molecule has 3 rings (SSSR count). The molecule has 0 spiro atoms. The Bertz CT molecular complexity index is 731. The van der Waals surface area contributed by atoms with E-state index in [2.05, 4.69) is 46.8 Å². The molecule has 102 valence electrons. The van der Waals surface area contributed by atoms with Crippen LogP contribution in [0.1, 0.15) is 24.7 Å². The molecule has 0 saturated carbocycles. The number of imidazole rings is 1. The van der Waals surface area contributed by atoms with Gasteiger partial charge in [-0.3, -0.25) is 0 Å². The van der Waals surface area contributed by atoms with Crippen LogP contribution >= 0.6 is 11.6 Å². The molecule has 2 nitrogen and oxygen atoms in total. The van der Waals surface area contributed by atoms with Crippen molar-refractivity contribution in [1.82, 2.24) is 4.98 Å². The minimum absolute atomic E-state index is 0.805. The summed E-state index contributed by atoms with van der Waals surface area (Å²) in [7, 11) is 0. The highest BCUT2D eigenvalue weighted by Gasteiger charge is 2.18. The fourth-order valence-corrected chi connectivity index (χ4v) is 2.79. The zero-order valence-electron chi connectivity index (χ0n) is 11.6. The minimum Gasteiger partial charge on any atom is -0.241 e. The van der Waals surface area contributed by atoms with Gasteiger partial charge in [-0.05, 0) is 24.6 Å². The highest BCUT2D eigenvalue weighted by Crippen LogP contribution is 2.17. The van der Waals surface area contributed by atoms with E-state index in [1.54, 1.807) is 0 Å². The van der Waals surface area contributed by atoms with E-state index in [1.165, 1.54) is 16.9 Å². The Hall–Kier alpha value is -1.80. The monoisotopic (exact) mass is 285 g/mol. The highest BCUT2D eigenvalue weighted by atomic mass is 35.5. The second-order valence-corrected chi connectivity index (χ2v) is 5.42. The van der Waals surface area contributed by atoms with Gasteiger partial charge in [0.2, 0.25) is 0 Å². The molecule has 0 fully saturated rings. The Labute approximate surface area is 124 Å². The summed E-state index contributed by atoms with van der Waals surface area (Å²) >= 11 is 6.30. The maximum atomic E-state index is 6.30. The van der Waals surface area contributed by atoms with E-state index in [9.17, 15) is 0 Å². The summed E-state index contributed by atoms with van der Waals surface area (Å²) in [5, 5.41) is 0.827. The second kappa shape index (κ2) is 5.68. The van der Waals surface area contributed by atoms with Crippen molar-refractivity contribution in [2.24, 2.45) is 0 Å². The number of rotatable bonds is 4. The molecular formula is C17H18ClN2+. The van der Waals surface area contributed by atoms with Gasteiger partial charge in [0.15, 0.2) is 11.0 Å². The molecule has 0 aliphatic heterocycles. The molecule has 0 atom stereocenters. The maximum absolute atomic E-state index is 6.30. The van der Waals surface area contributed by atoms with Crippen molar-refractivity contribution in [3.8, 4) is 0 Å². The van der Waals surface area contributed by atoms with Crippen LogP contribution in [-0.2, 0) is 13.0 Å². The van der Waals surface area contributed by atoms with Gasteiger partial charge in [0, 0.05) is 17.0 Å². The van der Waals surface area contributed by atoms with Crippen molar-refractivity contribution in [2.45, 2.75) is 26.3 Å². The molecule has 1 heterocycles. The molecule has 0 aliphatic carbocycles. The van der Waals surface area contributed by atoms with Gasteiger partial charge in [-0.25, -0.2) is 9.55 Å². The maximum Gasteiger partial charge on any atom is 0.255 e. The smallest absolute Gasteiger partial charge is 0.241 e. The van der Waals surface area contributed by atoms with Gasteiger partial charge in [0.1, 0.15) is 6.54 Å². The highest BCUT2D eigenvalue weighted by molar-refractivity contribution is 6.31. The summed E-state index contributed by atoms with van der Waals surface area (Å²) in [5.41, 5.74) is 3.57. The molecule has 2 aromatic carbocycles. The van der Waals surface area contributed by atoms with E-state index in [4.69, 9.17) is 11.6 Å². The number of halogens is 1. The number of hydrogen-bond acceptors (Lipinski definition) is 0. The predicted octanol–water partition coefficient (Wildman–Crippen LogP) is 4.11. The summed E-state index contributed by atoms with van der Waals surface area (Å²) in [4.78, 5) is 3.52. The third kappa shape index (κ3) is 2.44. The molecule has 0 unspecified atom stereocenters. The second-order valence-electron chi connectivity index (χ2n) is 5.02. The summed E-state index contributed by atoms with van der Waals surface area (Å²) < 4.78 is 2.33. The average Bonchev–Trinajstić information content (AvgIpc) is 2.80. The Morgan fingerprint density at radius 3 is 2.60 bits per heavy atom. The molecule has 0 saturated heterocycles. The summed E-state index contributed by atoms with van der Waals surface area (Å²) in [6.45, 7) is 3.00. The van der Waals surface area contributed by atoms with Gasteiger partial charge in [-0.2, -0.15) is 0 Å². The topological polar surface area (TPSA) is 19.7 Å². The molecule has 1 N–H and O–H groups in total. The van der Waals surface area contributed by atoms with Crippen LogP contribution in [-0.4, -0.2) is 4.98 Å². The van der Waals surface area contributed by atoms with Gasteiger partial charge in [-0.1, -0.05) is 48.9 Å². The van der Waals surface area contributed by atoms with Crippen molar-refractivity contribution < 1.29 is 4.57 Å². The lowest BCUT2D eigenvalue weighted by Crippen LogP contribution is -2.37. The largest absolute Gasteiger partial charge is 0.255 e. The van der Waals surface area contributed by atoms with Crippen LogP contribution in [0.4, 0.5) is 0 Å². The normalized spacial score (nSPS) is 11.1. The van der Waals surface area contributed by atoms with Crippen LogP contribution in [0.15, 0.2) is 48.5 Å². The number of nitrogens with one attached hydrogen (secondary N) is 1. The first kappa shape index (κ1) is 13.2. The van der Waals surface area contributed by atoms with Gasteiger partial charge < -0.3 is 0 Å². The number of benzene rings is 2. The number of aromatic amines is 1. The lowest BCUT2D eigenvalue weighted by molar-refractivity contribution is -0.670. The first-order valence-electron chi connectivity index (χ1n) is 7.02. The Balaban J connectivity index is 2.09.